The van der Waals surface area contributed by atoms with E-state index >= 15 is 0 Å². The van der Waals surface area contributed by atoms with Crippen molar-refractivity contribution < 1.29 is 37.0 Å². The van der Waals surface area contributed by atoms with Gasteiger partial charge in [0.05, 0.1) is 12.0 Å². The Morgan fingerprint density at radius 3 is 2.33 bits per heavy atom. The van der Waals surface area contributed by atoms with Gasteiger partial charge in [-0.15, -0.1) is 0 Å². The lowest BCUT2D eigenvalue weighted by atomic mass is 9.48. The van der Waals surface area contributed by atoms with Gasteiger partial charge in [-0.2, -0.15) is 13.2 Å². The van der Waals surface area contributed by atoms with Gasteiger partial charge >= 0.3 is 12.1 Å². The summed E-state index contributed by atoms with van der Waals surface area (Å²) in [5.74, 6) is -0.974. The Morgan fingerprint density at radius 2 is 1.69 bits per heavy atom. The number of halogens is 4. The zero-order chi connectivity index (χ0) is 27.8. The molecule has 39 heavy (non-hydrogen) atoms. The highest BCUT2D eigenvalue weighted by atomic mass is 19.4. The lowest BCUT2D eigenvalue weighted by Crippen LogP contribution is -2.57. The van der Waals surface area contributed by atoms with E-state index < -0.39 is 28.8 Å². The molecule has 0 aromatic heterocycles. The van der Waals surface area contributed by atoms with Crippen molar-refractivity contribution in [2.24, 2.45) is 17.3 Å². The summed E-state index contributed by atoms with van der Waals surface area (Å²) in [5, 5.41) is 9.23. The summed E-state index contributed by atoms with van der Waals surface area (Å²) in [4.78, 5) is 26.8. The standard InChI is InChI=1S/C30H31F4NO4/c1-27(31,30(32,33)34)21-7-8-22-23(11-21)39-17-24-29(22,12-18-5-3-2-4-6-18)9-10-35(24)25(36)19-13-28(14-19)15-20(16-28)26(37)38/h2-8,11,19-20,24H,9-10,12-17H2,1H3,(H,37,38). The number of rotatable bonds is 5. The zero-order valence-electron chi connectivity index (χ0n) is 21.6. The number of carbonyl (C=O) groups is 2. The third-order valence-electron chi connectivity index (χ3n) is 9.86. The maximum atomic E-state index is 14.8. The van der Waals surface area contributed by atoms with Gasteiger partial charge < -0.3 is 14.7 Å². The Labute approximate surface area is 224 Å². The lowest BCUT2D eigenvalue weighted by Gasteiger charge is -2.57. The molecule has 2 saturated carbocycles. The van der Waals surface area contributed by atoms with Crippen molar-refractivity contribution in [1.82, 2.24) is 4.90 Å². The number of likely N-dealkylation sites (tertiary alicyclic amines) is 1. The van der Waals surface area contributed by atoms with E-state index in [2.05, 4.69) is 0 Å². The average Bonchev–Trinajstić information content (AvgIpc) is 3.21. The minimum atomic E-state index is -5.07. The highest BCUT2D eigenvalue weighted by molar-refractivity contribution is 5.82. The maximum Gasteiger partial charge on any atom is 0.426 e. The number of carboxylic acid groups (broad SMARTS) is 1. The first kappa shape index (κ1) is 26.1. The van der Waals surface area contributed by atoms with E-state index in [4.69, 9.17) is 4.74 Å². The van der Waals surface area contributed by atoms with Crippen LogP contribution in [0.3, 0.4) is 0 Å². The normalized spacial score (nSPS) is 32.7. The van der Waals surface area contributed by atoms with Crippen LogP contribution in [0.25, 0.3) is 0 Å². The van der Waals surface area contributed by atoms with Gasteiger partial charge in [-0.05, 0) is 62.5 Å². The summed E-state index contributed by atoms with van der Waals surface area (Å²) < 4.78 is 61.1. The van der Waals surface area contributed by atoms with Crippen molar-refractivity contribution in [2.75, 3.05) is 13.2 Å². The fourth-order valence-electron chi connectivity index (χ4n) is 7.60. The first-order valence-corrected chi connectivity index (χ1v) is 13.5. The molecule has 3 fully saturated rings. The van der Waals surface area contributed by atoms with Crippen molar-refractivity contribution in [3.05, 3.63) is 65.2 Å². The number of ether oxygens (including phenoxy) is 1. The predicted molar refractivity (Wildman–Crippen MR) is 134 cm³/mol. The van der Waals surface area contributed by atoms with Gasteiger partial charge in [-0.3, -0.25) is 9.59 Å². The smallest absolute Gasteiger partial charge is 0.426 e. The van der Waals surface area contributed by atoms with E-state index in [9.17, 15) is 32.3 Å². The van der Waals surface area contributed by atoms with Crippen molar-refractivity contribution in [1.29, 1.82) is 0 Å². The largest absolute Gasteiger partial charge is 0.491 e. The van der Waals surface area contributed by atoms with Crippen LogP contribution in [0, 0.1) is 17.3 Å². The van der Waals surface area contributed by atoms with Crippen LogP contribution in [0.15, 0.2) is 48.5 Å². The number of nitrogens with zero attached hydrogens (tertiary/aromatic N) is 1. The van der Waals surface area contributed by atoms with E-state index in [0.717, 1.165) is 5.56 Å². The summed E-state index contributed by atoms with van der Waals surface area (Å²) in [7, 11) is 0. The highest BCUT2D eigenvalue weighted by Gasteiger charge is 2.60. The van der Waals surface area contributed by atoms with Crippen molar-refractivity contribution in [3.8, 4) is 5.75 Å². The van der Waals surface area contributed by atoms with Gasteiger partial charge in [0.15, 0.2) is 0 Å². The number of carboxylic acids is 1. The second-order valence-electron chi connectivity index (χ2n) is 12.2. The van der Waals surface area contributed by atoms with Crippen LogP contribution in [-0.2, 0) is 27.1 Å². The molecule has 9 heteroatoms. The topological polar surface area (TPSA) is 66.8 Å². The summed E-state index contributed by atoms with van der Waals surface area (Å²) in [6.07, 6.45) is -1.26. The number of carbonyl (C=O) groups excluding carboxylic acids is 1. The molecule has 2 aromatic carbocycles. The highest BCUT2D eigenvalue weighted by Crippen LogP contribution is 2.62. The second-order valence-corrected chi connectivity index (χ2v) is 12.2. The fourth-order valence-corrected chi connectivity index (χ4v) is 7.60. The average molecular weight is 546 g/mol. The monoisotopic (exact) mass is 545 g/mol. The van der Waals surface area contributed by atoms with Crippen LogP contribution in [0.2, 0.25) is 0 Å². The van der Waals surface area contributed by atoms with Crippen molar-refractivity contribution in [3.63, 3.8) is 0 Å². The quantitative estimate of drug-likeness (QED) is 0.483. The molecular formula is C30H31F4NO4. The number of amides is 1. The van der Waals surface area contributed by atoms with E-state index in [0.29, 0.717) is 57.6 Å². The van der Waals surface area contributed by atoms with Gasteiger partial charge in [0.25, 0.3) is 0 Å². The molecular weight excluding hydrogens is 514 g/mol. The molecule has 2 heterocycles. The summed E-state index contributed by atoms with van der Waals surface area (Å²) in [6, 6.07) is 13.4. The summed E-state index contributed by atoms with van der Waals surface area (Å²) in [5.41, 5.74) is -2.90. The van der Waals surface area contributed by atoms with Gasteiger partial charge in [0, 0.05) is 29.0 Å². The molecule has 4 aliphatic rings. The van der Waals surface area contributed by atoms with Crippen LogP contribution in [0.4, 0.5) is 17.6 Å². The van der Waals surface area contributed by atoms with Crippen LogP contribution < -0.4 is 4.74 Å². The molecule has 2 aromatic rings. The minimum Gasteiger partial charge on any atom is -0.491 e. The lowest BCUT2D eigenvalue weighted by molar-refractivity contribution is -0.228. The molecule has 1 amide bonds. The molecule has 1 N–H and O–H groups in total. The molecule has 208 valence electrons. The molecule has 0 radical (unpaired) electrons. The fraction of sp³-hybridized carbons (Fsp3) is 0.533. The summed E-state index contributed by atoms with van der Waals surface area (Å²) >= 11 is 0. The van der Waals surface area contributed by atoms with E-state index in [-0.39, 0.29) is 41.6 Å². The Morgan fingerprint density at radius 1 is 1.03 bits per heavy atom. The molecule has 2 aliphatic carbocycles. The minimum absolute atomic E-state index is 0.0339. The number of hydrogen-bond donors (Lipinski definition) is 1. The van der Waals surface area contributed by atoms with Crippen LogP contribution >= 0.6 is 0 Å². The van der Waals surface area contributed by atoms with Gasteiger partial charge in [0.1, 0.15) is 12.4 Å². The first-order chi connectivity index (χ1) is 18.4. The van der Waals surface area contributed by atoms with Crippen LogP contribution in [0.1, 0.15) is 55.7 Å². The number of benzene rings is 2. The molecule has 3 atom stereocenters. The molecule has 5 nitrogen and oxygen atoms in total. The molecule has 6 rings (SSSR count). The molecule has 1 spiro atoms. The van der Waals surface area contributed by atoms with Crippen LogP contribution in [0.5, 0.6) is 5.75 Å². The molecule has 0 bridgehead atoms. The third-order valence-corrected chi connectivity index (χ3v) is 9.86. The van der Waals surface area contributed by atoms with E-state index in [1.54, 1.807) is 6.07 Å². The third kappa shape index (κ3) is 4.02. The Bertz CT molecular complexity index is 1300. The predicted octanol–water partition coefficient (Wildman–Crippen LogP) is 5.80. The SMILES string of the molecule is CC(F)(c1ccc2c(c1)OCC1N(C(=O)C3CC4(CC(C(=O)O)C4)C3)CCC21Cc1ccccc1)C(F)(F)F. The van der Waals surface area contributed by atoms with Crippen molar-refractivity contribution in [2.45, 2.75) is 68.8 Å². The molecule has 1 saturated heterocycles. The number of aliphatic carboxylic acids is 1. The maximum absolute atomic E-state index is 14.8. The summed E-state index contributed by atoms with van der Waals surface area (Å²) in [6.45, 7) is 1.12. The Balaban J connectivity index is 1.29. The Kier molecular flexibility index (Phi) is 5.83. The van der Waals surface area contributed by atoms with Gasteiger partial charge in [0.2, 0.25) is 11.6 Å². The number of alkyl halides is 4. The van der Waals surface area contributed by atoms with Crippen LogP contribution in [-0.4, -0.2) is 47.3 Å². The second kappa shape index (κ2) is 8.70. The molecule has 3 unspecified atom stereocenters. The van der Waals surface area contributed by atoms with Gasteiger partial charge in [-0.25, -0.2) is 4.39 Å². The van der Waals surface area contributed by atoms with Crippen molar-refractivity contribution >= 4 is 11.9 Å². The van der Waals surface area contributed by atoms with E-state index in [1.165, 1.54) is 12.1 Å². The molecule has 2 aliphatic heterocycles. The first-order valence-electron chi connectivity index (χ1n) is 13.5. The van der Waals surface area contributed by atoms with Gasteiger partial charge in [-0.1, -0.05) is 42.5 Å². The number of fused-ring (bicyclic) bond motifs is 3. The Hall–Kier alpha value is -3.10. The van der Waals surface area contributed by atoms with E-state index in [1.807, 2.05) is 35.2 Å². The zero-order valence-corrected chi connectivity index (χ0v) is 21.6. The number of hydrogen-bond acceptors (Lipinski definition) is 3.